The van der Waals surface area contributed by atoms with Gasteiger partial charge in [-0.2, -0.15) is 9.07 Å². The maximum Gasteiger partial charge on any atom is 0.357 e. The molecule has 2 N–H and O–H groups in total. The highest BCUT2D eigenvalue weighted by molar-refractivity contribution is 7.90. The fourth-order valence-electron chi connectivity index (χ4n) is 2.63. The molecular formula is C18H19N3O5S. The maximum atomic E-state index is 13.0. The molecule has 8 nitrogen and oxygen atoms in total. The van der Waals surface area contributed by atoms with Crippen LogP contribution < -0.4 is 10.4 Å². The molecule has 142 valence electrons. The van der Waals surface area contributed by atoms with Crippen LogP contribution in [0.15, 0.2) is 52.2 Å². The van der Waals surface area contributed by atoms with E-state index in [0.29, 0.717) is 9.72 Å². The first-order valence-electron chi connectivity index (χ1n) is 8.16. The van der Waals surface area contributed by atoms with Crippen LogP contribution in [0.1, 0.15) is 25.3 Å². The summed E-state index contributed by atoms with van der Waals surface area (Å²) in [6.45, 7) is 3.92. The number of hydrogen-bond acceptors (Lipinski definition) is 6. The van der Waals surface area contributed by atoms with Gasteiger partial charge in [-0.25, -0.2) is 18.3 Å². The lowest BCUT2D eigenvalue weighted by Crippen LogP contribution is -2.26. The third kappa shape index (κ3) is 3.33. The Bertz CT molecular complexity index is 1130. The molecule has 27 heavy (non-hydrogen) atoms. The van der Waals surface area contributed by atoms with Crippen molar-refractivity contribution in [2.75, 3.05) is 7.11 Å². The van der Waals surface area contributed by atoms with Gasteiger partial charge in [0.25, 0.3) is 10.0 Å². The molecule has 0 saturated carbocycles. The lowest BCUT2D eigenvalue weighted by molar-refractivity contribution is 0.414. The van der Waals surface area contributed by atoms with Gasteiger partial charge in [0.1, 0.15) is 11.5 Å². The van der Waals surface area contributed by atoms with E-state index in [4.69, 9.17) is 4.74 Å². The topological polar surface area (TPSA) is 114 Å². The Hall–Kier alpha value is -3.07. The zero-order valence-corrected chi connectivity index (χ0v) is 15.8. The number of nitrogens with zero attached hydrogens (tertiary/aromatic N) is 2. The summed E-state index contributed by atoms with van der Waals surface area (Å²) in [5.41, 5.74) is 0.0958. The normalized spacial score (nSPS) is 11.7. The molecule has 0 saturated heterocycles. The first-order valence-corrected chi connectivity index (χ1v) is 9.60. The van der Waals surface area contributed by atoms with Crippen LogP contribution in [-0.4, -0.2) is 34.8 Å². The van der Waals surface area contributed by atoms with Gasteiger partial charge in [-0.1, -0.05) is 19.9 Å². The second kappa shape index (κ2) is 6.92. The number of aromatic nitrogens is 3. The number of phenols is 1. The molecule has 1 aromatic heterocycles. The van der Waals surface area contributed by atoms with E-state index in [1.807, 2.05) is 13.8 Å². The van der Waals surface area contributed by atoms with E-state index in [9.17, 15) is 18.3 Å². The minimum absolute atomic E-state index is 0.104. The summed E-state index contributed by atoms with van der Waals surface area (Å²) in [6, 6.07) is 10.4. The maximum absolute atomic E-state index is 13.0. The average Bonchev–Trinajstić information content (AvgIpc) is 3.04. The molecule has 3 aromatic rings. The number of hydrogen-bond donors (Lipinski definition) is 2. The van der Waals surface area contributed by atoms with Crippen molar-refractivity contribution in [3.8, 4) is 22.9 Å². The molecule has 0 amide bonds. The van der Waals surface area contributed by atoms with Crippen molar-refractivity contribution in [2.45, 2.75) is 24.7 Å². The standard InChI is InChI=1S/C18H19N3O5S/c1-11(2)12-4-9-16(22)15(10-12)17-19-20-18(23)21(17)27(24,25)14-7-5-13(26-3)6-8-14/h4-11,22H,1-3H3,(H,20,23). The van der Waals surface area contributed by atoms with Crippen LogP contribution in [-0.2, 0) is 10.0 Å². The summed E-state index contributed by atoms with van der Waals surface area (Å²) in [4.78, 5) is 12.1. The van der Waals surface area contributed by atoms with E-state index in [-0.39, 0.29) is 28.0 Å². The van der Waals surface area contributed by atoms with E-state index in [1.165, 1.54) is 37.4 Å². The van der Waals surface area contributed by atoms with Gasteiger partial charge in [0, 0.05) is 0 Å². The monoisotopic (exact) mass is 389 g/mol. The first kappa shape index (κ1) is 18.7. The Morgan fingerprint density at radius 2 is 1.81 bits per heavy atom. The second-order valence-corrected chi connectivity index (χ2v) is 8.02. The smallest absolute Gasteiger partial charge is 0.357 e. The van der Waals surface area contributed by atoms with E-state index < -0.39 is 15.7 Å². The summed E-state index contributed by atoms with van der Waals surface area (Å²) in [5.74, 6) is 0.262. The molecule has 1 heterocycles. The lowest BCUT2D eigenvalue weighted by atomic mass is 10.00. The van der Waals surface area contributed by atoms with Crippen molar-refractivity contribution < 1.29 is 18.3 Å². The number of ether oxygens (including phenoxy) is 1. The number of methoxy groups -OCH3 is 1. The van der Waals surface area contributed by atoms with E-state index >= 15 is 0 Å². The third-order valence-corrected chi connectivity index (χ3v) is 5.85. The van der Waals surface area contributed by atoms with E-state index in [2.05, 4.69) is 10.2 Å². The van der Waals surface area contributed by atoms with Crippen LogP contribution in [0, 0.1) is 0 Å². The molecule has 0 aliphatic heterocycles. The largest absolute Gasteiger partial charge is 0.507 e. The van der Waals surface area contributed by atoms with Crippen LogP contribution in [0.2, 0.25) is 0 Å². The quantitative estimate of drug-likeness (QED) is 0.692. The summed E-state index contributed by atoms with van der Waals surface area (Å²) >= 11 is 0. The van der Waals surface area contributed by atoms with Gasteiger partial charge in [0.15, 0.2) is 5.82 Å². The molecule has 0 fully saturated rings. The van der Waals surface area contributed by atoms with Gasteiger partial charge < -0.3 is 9.84 Å². The molecule has 0 aliphatic rings. The third-order valence-electron chi connectivity index (χ3n) is 4.16. The number of rotatable bonds is 5. The van der Waals surface area contributed by atoms with Crippen LogP contribution in [0.5, 0.6) is 11.5 Å². The fraction of sp³-hybridized carbons (Fsp3) is 0.222. The molecule has 2 aromatic carbocycles. The highest BCUT2D eigenvalue weighted by Gasteiger charge is 2.26. The SMILES string of the molecule is COc1ccc(S(=O)(=O)n2c(-c3cc(C(C)C)ccc3O)n[nH]c2=O)cc1. The van der Waals surface area contributed by atoms with Crippen molar-refractivity contribution in [1.82, 2.24) is 14.2 Å². The van der Waals surface area contributed by atoms with Gasteiger partial charge in [0.05, 0.1) is 17.6 Å². The van der Waals surface area contributed by atoms with Gasteiger partial charge in [-0.05, 0) is 47.9 Å². The van der Waals surface area contributed by atoms with Crippen molar-refractivity contribution >= 4 is 10.0 Å². The van der Waals surface area contributed by atoms with Crippen molar-refractivity contribution in [3.63, 3.8) is 0 Å². The molecule has 3 rings (SSSR count). The van der Waals surface area contributed by atoms with Gasteiger partial charge >= 0.3 is 5.69 Å². The zero-order valence-electron chi connectivity index (χ0n) is 15.0. The Morgan fingerprint density at radius 3 is 2.41 bits per heavy atom. The van der Waals surface area contributed by atoms with Crippen LogP contribution in [0.3, 0.4) is 0 Å². The first-order chi connectivity index (χ1) is 12.8. The second-order valence-electron chi connectivity index (χ2n) is 6.23. The minimum atomic E-state index is -4.24. The fourth-order valence-corrected chi connectivity index (χ4v) is 3.94. The molecule has 0 atom stereocenters. The summed E-state index contributed by atoms with van der Waals surface area (Å²) < 4.78 is 31.6. The average molecular weight is 389 g/mol. The molecule has 0 unspecified atom stereocenters. The summed E-state index contributed by atoms with van der Waals surface area (Å²) in [7, 11) is -2.77. The van der Waals surface area contributed by atoms with Crippen molar-refractivity contribution in [2.24, 2.45) is 0 Å². The number of aromatic hydroxyl groups is 1. The van der Waals surface area contributed by atoms with Crippen LogP contribution >= 0.6 is 0 Å². The zero-order chi connectivity index (χ0) is 19.8. The Kier molecular flexibility index (Phi) is 4.79. The predicted molar refractivity (Wildman–Crippen MR) is 99.6 cm³/mol. The Morgan fingerprint density at radius 1 is 1.15 bits per heavy atom. The molecule has 0 spiro atoms. The van der Waals surface area contributed by atoms with E-state index in [1.54, 1.807) is 12.1 Å². The Balaban J connectivity index is 2.21. The molecule has 0 aliphatic carbocycles. The van der Waals surface area contributed by atoms with Crippen LogP contribution in [0.25, 0.3) is 11.4 Å². The summed E-state index contributed by atoms with van der Waals surface area (Å²) in [5, 5.41) is 16.2. The molecule has 9 heteroatoms. The Labute approximate surface area is 156 Å². The molecular weight excluding hydrogens is 370 g/mol. The summed E-state index contributed by atoms with van der Waals surface area (Å²) in [6.07, 6.45) is 0. The number of phenolic OH excluding ortho intramolecular Hbond substituents is 1. The predicted octanol–water partition coefficient (Wildman–Crippen LogP) is 2.31. The van der Waals surface area contributed by atoms with Crippen molar-refractivity contribution in [1.29, 1.82) is 0 Å². The van der Waals surface area contributed by atoms with E-state index in [0.717, 1.165) is 5.56 Å². The molecule has 0 bridgehead atoms. The minimum Gasteiger partial charge on any atom is -0.507 e. The van der Waals surface area contributed by atoms with Crippen LogP contribution in [0.4, 0.5) is 0 Å². The van der Waals surface area contributed by atoms with Gasteiger partial charge in [0.2, 0.25) is 0 Å². The number of nitrogens with one attached hydrogen (secondary N) is 1. The highest BCUT2D eigenvalue weighted by Crippen LogP contribution is 2.31. The van der Waals surface area contributed by atoms with Crippen molar-refractivity contribution in [3.05, 3.63) is 58.5 Å². The molecule has 0 radical (unpaired) electrons. The van der Waals surface area contributed by atoms with Gasteiger partial charge in [-0.3, -0.25) is 0 Å². The number of H-pyrrole nitrogens is 1. The number of aromatic amines is 1. The lowest BCUT2D eigenvalue weighted by Gasteiger charge is -2.11. The number of benzene rings is 2. The highest BCUT2D eigenvalue weighted by atomic mass is 32.2. The van der Waals surface area contributed by atoms with Gasteiger partial charge in [-0.15, -0.1) is 0 Å².